The third-order valence-electron chi connectivity index (χ3n) is 6.19. The van der Waals surface area contributed by atoms with Gasteiger partial charge in [0.2, 0.25) is 11.9 Å². The minimum atomic E-state index is -0.102. The topological polar surface area (TPSA) is 75.5 Å². The van der Waals surface area contributed by atoms with Gasteiger partial charge in [-0.1, -0.05) is 30.0 Å². The van der Waals surface area contributed by atoms with Crippen molar-refractivity contribution in [3.8, 4) is 5.69 Å². The molecule has 1 aromatic heterocycles. The Balaban J connectivity index is 1.40. The van der Waals surface area contributed by atoms with Crippen molar-refractivity contribution >= 4 is 23.6 Å². The molecule has 174 valence electrons. The Morgan fingerprint density at radius 1 is 1.06 bits per heavy atom. The molecule has 9 heteroatoms. The number of thioether (sulfide) groups is 1. The van der Waals surface area contributed by atoms with Crippen LogP contribution in [0.5, 0.6) is 0 Å². The zero-order chi connectivity index (χ0) is 22.4. The molecule has 2 aromatic rings. The number of hydrogen-bond donors (Lipinski definition) is 1. The molecule has 2 aliphatic heterocycles. The first kappa shape index (κ1) is 23.1. The summed E-state index contributed by atoms with van der Waals surface area (Å²) in [4.78, 5) is 17.3. The Labute approximate surface area is 194 Å². The quantitative estimate of drug-likeness (QED) is 0.610. The van der Waals surface area contributed by atoms with E-state index in [4.69, 9.17) is 4.74 Å². The smallest absolute Gasteiger partial charge is 0.232 e. The fourth-order valence-corrected chi connectivity index (χ4v) is 5.01. The van der Waals surface area contributed by atoms with Gasteiger partial charge in [-0.25, -0.2) is 0 Å². The summed E-state index contributed by atoms with van der Waals surface area (Å²) in [5.41, 5.74) is 0.921. The minimum Gasteiger partial charge on any atom is -0.379 e. The molecule has 4 rings (SSSR count). The van der Waals surface area contributed by atoms with Crippen molar-refractivity contribution in [1.82, 2.24) is 25.0 Å². The van der Waals surface area contributed by atoms with Crippen molar-refractivity contribution in [2.75, 3.05) is 56.6 Å². The van der Waals surface area contributed by atoms with Gasteiger partial charge in [0.15, 0.2) is 5.16 Å². The highest BCUT2D eigenvalue weighted by atomic mass is 32.2. The second kappa shape index (κ2) is 10.7. The number of nitrogens with one attached hydrogen (secondary N) is 1. The lowest BCUT2D eigenvalue weighted by Gasteiger charge is -2.40. The number of morpholine rings is 1. The molecular weight excluding hydrogens is 424 g/mol. The molecule has 0 atom stereocenters. The average Bonchev–Trinajstić information content (AvgIpc) is 3.27. The number of aromatic nitrogens is 3. The van der Waals surface area contributed by atoms with Crippen LogP contribution in [0.15, 0.2) is 35.5 Å². The lowest BCUT2D eigenvalue weighted by atomic mass is 10.0. The van der Waals surface area contributed by atoms with E-state index >= 15 is 0 Å². The summed E-state index contributed by atoms with van der Waals surface area (Å²) >= 11 is 1.44. The van der Waals surface area contributed by atoms with E-state index in [0.717, 1.165) is 56.2 Å². The number of ether oxygens (including phenoxy) is 1. The molecule has 8 nitrogen and oxygen atoms in total. The van der Waals surface area contributed by atoms with Crippen LogP contribution in [0.1, 0.15) is 33.1 Å². The monoisotopic (exact) mass is 458 g/mol. The van der Waals surface area contributed by atoms with Gasteiger partial charge in [-0.15, -0.1) is 10.2 Å². The third-order valence-corrected chi connectivity index (χ3v) is 7.12. The summed E-state index contributed by atoms with van der Waals surface area (Å²) in [6.45, 7) is 10.2. The molecule has 0 radical (unpaired) electrons. The van der Waals surface area contributed by atoms with Gasteiger partial charge in [-0.05, 0) is 45.2 Å². The Kier molecular flexibility index (Phi) is 7.70. The van der Waals surface area contributed by atoms with Gasteiger partial charge in [0.05, 0.1) is 24.7 Å². The summed E-state index contributed by atoms with van der Waals surface area (Å²) in [6, 6.07) is 10.2. The Bertz CT molecular complexity index is 876. The number of carbonyl (C=O) groups is 1. The van der Waals surface area contributed by atoms with Crippen LogP contribution in [0.4, 0.5) is 5.95 Å². The number of hydrogen-bond acceptors (Lipinski definition) is 7. The SMILES string of the molecule is CC(C)(CNC(=O)CSc1nnc(N2CCCCC2)n1-c1ccccc1)N1CCOCC1. The van der Waals surface area contributed by atoms with Crippen LogP contribution in [0.2, 0.25) is 0 Å². The second-order valence-corrected chi connectivity index (χ2v) is 9.92. The molecule has 32 heavy (non-hydrogen) atoms. The Hall–Kier alpha value is -2.10. The highest BCUT2D eigenvalue weighted by Gasteiger charge is 2.29. The maximum Gasteiger partial charge on any atom is 0.232 e. The molecule has 1 aromatic carbocycles. The molecule has 1 N–H and O–H groups in total. The molecule has 0 aliphatic carbocycles. The van der Waals surface area contributed by atoms with Crippen LogP contribution >= 0.6 is 11.8 Å². The van der Waals surface area contributed by atoms with E-state index in [1.807, 2.05) is 18.2 Å². The van der Waals surface area contributed by atoms with Gasteiger partial charge in [0.1, 0.15) is 0 Å². The van der Waals surface area contributed by atoms with Crippen LogP contribution in [0.25, 0.3) is 5.69 Å². The van der Waals surface area contributed by atoms with Crippen LogP contribution in [0, 0.1) is 0 Å². The number of anilines is 1. The molecule has 0 spiro atoms. The summed E-state index contributed by atoms with van der Waals surface area (Å²) in [6.07, 6.45) is 3.61. The first-order valence-corrected chi connectivity index (χ1v) is 12.5. The van der Waals surface area contributed by atoms with Gasteiger partial charge in [-0.2, -0.15) is 0 Å². The summed E-state index contributed by atoms with van der Waals surface area (Å²) < 4.78 is 7.53. The maximum absolute atomic E-state index is 12.7. The van der Waals surface area contributed by atoms with E-state index in [1.54, 1.807) is 0 Å². The second-order valence-electron chi connectivity index (χ2n) is 8.98. The molecular formula is C23H34N6O2S. The van der Waals surface area contributed by atoms with Crippen molar-refractivity contribution in [2.45, 2.75) is 43.8 Å². The molecule has 2 saturated heterocycles. The number of amides is 1. The van der Waals surface area contributed by atoms with Crippen molar-refractivity contribution < 1.29 is 9.53 Å². The molecule has 0 unspecified atom stereocenters. The summed E-state index contributed by atoms with van der Waals surface area (Å²) in [5, 5.41) is 12.8. The van der Waals surface area contributed by atoms with Crippen molar-refractivity contribution in [1.29, 1.82) is 0 Å². The Morgan fingerprint density at radius 2 is 1.78 bits per heavy atom. The van der Waals surface area contributed by atoms with Crippen molar-refractivity contribution in [2.24, 2.45) is 0 Å². The number of piperidine rings is 1. The molecule has 0 bridgehead atoms. The van der Waals surface area contributed by atoms with E-state index in [9.17, 15) is 4.79 Å². The van der Waals surface area contributed by atoms with Crippen LogP contribution < -0.4 is 10.2 Å². The fraction of sp³-hybridized carbons (Fsp3) is 0.609. The van der Waals surface area contributed by atoms with Gasteiger partial charge in [0, 0.05) is 38.3 Å². The number of benzene rings is 1. The molecule has 2 aliphatic rings. The summed E-state index contributed by atoms with van der Waals surface area (Å²) in [7, 11) is 0. The van der Waals surface area contributed by atoms with Gasteiger partial charge < -0.3 is 15.0 Å². The average molecular weight is 459 g/mol. The normalized spacial score (nSPS) is 18.0. The number of nitrogens with zero attached hydrogens (tertiary/aromatic N) is 5. The minimum absolute atomic E-state index is 0.0125. The largest absolute Gasteiger partial charge is 0.379 e. The number of para-hydroxylation sites is 1. The van der Waals surface area contributed by atoms with E-state index in [0.29, 0.717) is 12.3 Å². The van der Waals surface area contributed by atoms with Crippen LogP contribution in [-0.4, -0.2) is 82.8 Å². The zero-order valence-electron chi connectivity index (χ0n) is 19.1. The molecule has 3 heterocycles. The van der Waals surface area contributed by atoms with Crippen molar-refractivity contribution in [3.63, 3.8) is 0 Å². The van der Waals surface area contributed by atoms with Crippen LogP contribution in [0.3, 0.4) is 0 Å². The predicted molar refractivity (Wildman–Crippen MR) is 128 cm³/mol. The van der Waals surface area contributed by atoms with Gasteiger partial charge in [-0.3, -0.25) is 14.3 Å². The molecule has 1 amide bonds. The summed E-state index contributed by atoms with van der Waals surface area (Å²) in [5.74, 6) is 1.19. The maximum atomic E-state index is 12.7. The molecule has 0 saturated carbocycles. The lowest BCUT2D eigenvalue weighted by Crippen LogP contribution is -2.55. The van der Waals surface area contributed by atoms with E-state index in [2.05, 4.69) is 55.9 Å². The molecule has 2 fully saturated rings. The van der Waals surface area contributed by atoms with E-state index in [1.165, 1.54) is 31.0 Å². The number of rotatable bonds is 8. The highest BCUT2D eigenvalue weighted by Crippen LogP contribution is 2.28. The zero-order valence-corrected chi connectivity index (χ0v) is 19.9. The standard InChI is InChI=1S/C23H34N6O2S/c1-23(2,28-13-15-31-16-14-28)18-24-20(30)17-32-22-26-25-21(27-11-7-4-8-12-27)29(22)19-9-5-3-6-10-19/h3,5-6,9-10H,4,7-8,11-18H2,1-2H3,(H,24,30). The lowest BCUT2D eigenvalue weighted by molar-refractivity contribution is -0.119. The third kappa shape index (κ3) is 5.63. The predicted octanol–water partition coefficient (Wildman–Crippen LogP) is 2.58. The fourth-order valence-electron chi connectivity index (χ4n) is 4.23. The first-order valence-electron chi connectivity index (χ1n) is 11.5. The van der Waals surface area contributed by atoms with Gasteiger partial charge >= 0.3 is 0 Å². The first-order chi connectivity index (χ1) is 15.5. The van der Waals surface area contributed by atoms with Crippen molar-refractivity contribution in [3.05, 3.63) is 30.3 Å². The van der Waals surface area contributed by atoms with E-state index < -0.39 is 0 Å². The van der Waals surface area contributed by atoms with Gasteiger partial charge in [0.25, 0.3) is 0 Å². The number of carbonyl (C=O) groups excluding carboxylic acids is 1. The highest BCUT2D eigenvalue weighted by molar-refractivity contribution is 7.99. The van der Waals surface area contributed by atoms with E-state index in [-0.39, 0.29) is 11.4 Å². The van der Waals surface area contributed by atoms with Crippen LogP contribution in [-0.2, 0) is 9.53 Å². The Morgan fingerprint density at radius 3 is 2.50 bits per heavy atom.